The molecule has 0 saturated heterocycles. The molecule has 8 nitrogen and oxygen atoms in total. The number of ether oxygens (including phenoxy) is 2. The van der Waals surface area contributed by atoms with Crippen LogP contribution in [0.15, 0.2) is 53.6 Å². The third-order valence-electron chi connectivity index (χ3n) is 5.89. The van der Waals surface area contributed by atoms with E-state index in [4.69, 9.17) is 9.47 Å². The van der Waals surface area contributed by atoms with Gasteiger partial charge in [0.1, 0.15) is 25.5 Å². The van der Waals surface area contributed by atoms with Crippen LogP contribution >= 0.6 is 0 Å². The molecule has 1 aromatic heterocycles. The Labute approximate surface area is 198 Å². The minimum absolute atomic E-state index is 0.0106. The van der Waals surface area contributed by atoms with Gasteiger partial charge in [-0.05, 0) is 37.3 Å². The Morgan fingerprint density at radius 3 is 2.57 bits per heavy atom. The lowest BCUT2D eigenvalue weighted by atomic mass is 9.97. The quantitative estimate of drug-likeness (QED) is 0.601. The normalized spacial score (nSPS) is 17.4. The number of para-hydroxylation sites is 1. The zero-order valence-corrected chi connectivity index (χ0v) is 18.6. The summed E-state index contributed by atoms with van der Waals surface area (Å²) in [4.78, 5) is 13.3. The number of fused-ring (bicyclic) bond motifs is 1. The predicted molar refractivity (Wildman–Crippen MR) is 118 cm³/mol. The zero-order chi connectivity index (χ0) is 24.7. The van der Waals surface area contributed by atoms with Crippen LogP contribution in [0.25, 0.3) is 0 Å². The molecule has 1 N–H and O–H groups in total. The molecule has 2 aromatic carbocycles. The van der Waals surface area contributed by atoms with E-state index in [1.807, 2.05) is 0 Å². The molecule has 0 bridgehead atoms. The van der Waals surface area contributed by atoms with Gasteiger partial charge in [-0.1, -0.05) is 18.2 Å². The lowest BCUT2D eigenvalue weighted by Gasteiger charge is -2.23. The standard InChI is InChI=1S/C24H21F3N4O4/c1-14-10-22(24(25,26)27)29-30(14)13-23(33)31-18(16-4-2-3-5-19(16)32)12-17(28-31)15-6-7-20-21(11-15)35-9-8-34-20/h2-7,10-11,18,32H,8-9,12-13H2,1H3. The summed E-state index contributed by atoms with van der Waals surface area (Å²) < 4.78 is 51.4. The maximum atomic E-state index is 13.3. The predicted octanol–water partition coefficient (Wildman–Crippen LogP) is 4.07. The van der Waals surface area contributed by atoms with E-state index in [9.17, 15) is 23.1 Å². The van der Waals surface area contributed by atoms with Crippen molar-refractivity contribution in [2.75, 3.05) is 13.2 Å². The van der Waals surface area contributed by atoms with Crippen molar-refractivity contribution in [1.29, 1.82) is 0 Å². The van der Waals surface area contributed by atoms with Gasteiger partial charge in [0, 0.05) is 23.2 Å². The van der Waals surface area contributed by atoms with Gasteiger partial charge in [-0.25, -0.2) is 5.01 Å². The molecule has 182 valence electrons. The maximum Gasteiger partial charge on any atom is 0.435 e. The van der Waals surface area contributed by atoms with Crippen molar-refractivity contribution in [3.63, 3.8) is 0 Å². The Morgan fingerprint density at radius 2 is 1.86 bits per heavy atom. The second-order valence-electron chi connectivity index (χ2n) is 8.25. The Hall–Kier alpha value is -4.02. The van der Waals surface area contributed by atoms with Gasteiger partial charge in [-0.15, -0.1) is 0 Å². The van der Waals surface area contributed by atoms with Gasteiger partial charge in [0.25, 0.3) is 5.91 Å². The van der Waals surface area contributed by atoms with Gasteiger partial charge < -0.3 is 14.6 Å². The smallest absolute Gasteiger partial charge is 0.435 e. The van der Waals surface area contributed by atoms with Crippen LogP contribution in [0.4, 0.5) is 13.2 Å². The summed E-state index contributed by atoms with van der Waals surface area (Å²) >= 11 is 0. The van der Waals surface area contributed by atoms with Gasteiger partial charge in [-0.2, -0.15) is 23.4 Å². The number of alkyl halides is 3. The molecule has 11 heteroatoms. The first kappa shape index (κ1) is 22.8. The summed E-state index contributed by atoms with van der Waals surface area (Å²) in [5, 5.41) is 19.7. The van der Waals surface area contributed by atoms with E-state index < -0.39 is 30.4 Å². The molecular weight excluding hydrogens is 465 g/mol. The zero-order valence-electron chi connectivity index (χ0n) is 18.6. The van der Waals surface area contributed by atoms with Crippen molar-refractivity contribution in [2.45, 2.75) is 32.1 Å². The number of nitrogens with zero attached hydrogens (tertiary/aromatic N) is 4. The number of hydrogen-bond donors (Lipinski definition) is 1. The number of hydrogen-bond acceptors (Lipinski definition) is 6. The number of aromatic nitrogens is 2. The van der Waals surface area contributed by atoms with E-state index in [1.54, 1.807) is 36.4 Å². The van der Waals surface area contributed by atoms with Gasteiger partial charge in [0.2, 0.25) is 0 Å². The van der Waals surface area contributed by atoms with Crippen LogP contribution in [-0.4, -0.2) is 44.7 Å². The number of phenols is 1. The van der Waals surface area contributed by atoms with Crippen molar-refractivity contribution in [3.05, 3.63) is 71.0 Å². The number of aromatic hydroxyl groups is 1. The first-order chi connectivity index (χ1) is 16.7. The fraction of sp³-hybridized carbons (Fsp3) is 0.292. The summed E-state index contributed by atoms with van der Waals surface area (Å²) in [6, 6.07) is 12.2. The van der Waals surface area contributed by atoms with Crippen LogP contribution in [0.1, 0.15) is 35.0 Å². The van der Waals surface area contributed by atoms with Gasteiger partial charge in [0.15, 0.2) is 17.2 Å². The van der Waals surface area contributed by atoms with Gasteiger partial charge in [-0.3, -0.25) is 9.48 Å². The molecule has 0 fully saturated rings. The highest BCUT2D eigenvalue weighted by Crippen LogP contribution is 2.39. The molecule has 2 aliphatic rings. The van der Waals surface area contributed by atoms with Gasteiger partial charge in [0.05, 0.1) is 11.8 Å². The minimum atomic E-state index is -4.62. The van der Waals surface area contributed by atoms with Crippen LogP contribution in [0.5, 0.6) is 17.2 Å². The van der Waals surface area contributed by atoms with E-state index in [0.717, 1.165) is 10.7 Å². The first-order valence-corrected chi connectivity index (χ1v) is 10.9. The summed E-state index contributed by atoms with van der Waals surface area (Å²) in [7, 11) is 0. The van der Waals surface area contributed by atoms with Crippen molar-refractivity contribution >= 4 is 11.6 Å². The monoisotopic (exact) mass is 486 g/mol. The average Bonchev–Trinajstić information content (AvgIpc) is 3.43. The first-order valence-electron chi connectivity index (χ1n) is 10.9. The molecule has 3 heterocycles. The largest absolute Gasteiger partial charge is 0.508 e. The summed E-state index contributed by atoms with van der Waals surface area (Å²) in [5.74, 6) is 0.597. The molecule has 1 atom stereocenters. The molecule has 2 aliphatic heterocycles. The van der Waals surface area contributed by atoms with Gasteiger partial charge >= 0.3 is 6.18 Å². The van der Waals surface area contributed by atoms with Crippen LogP contribution < -0.4 is 9.47 Å². The molecule has 0 spiro atoms. The highest BCUT2D eigenvalue weighted by Gasteiger charge is 2.37. The number of aryl methyl sites for hydroxylation is 1. The van der Waals surface area contributed by atoms with Crippen LogP contribution in [0.3, 0.4) is 0 Å². The fourth-order valence-corrected chi connectivity index (χ4v) is 4.16. The number of halogens is 3. The van der Waals surface area contributed by atoms with Crippen molar-refractivity contribution in [1.82, 2.24) is 14.8 Å². The summed E-state index contributed by atoms with van der Waals surface area (Å²) in [6.07, 6.45) is -4.33. The Morgan fingerprint density at radius 1 is 1.11 bits per heavy atom. The number of phenolic OH excluding ortho intramolecular Hbond substituents is 1. The third kappa shape index (κ3) is 4.41. The van der Waals surface area contributed by atoms with E-state index in [1.165, 1.54) is 18.0 Å². The number of carbonyl (C=O) groups is 1. The second kappa shape index (κ2) is 8.64. The Bertz CT molecular complexity index is 1320. The summed E-state index contributed by atoms with van der Waals surface area (Å²) in [6.45, 7) is 1.87. The van der Waals surface area contributed by atoms with Crippen LogP contribution in [0.2, 0.25) is 0 Å². The number of rotatable bonds is 4. The molecule has 3 aromatic rings. The van der Waals surface area contributed by atoms with E-state index in [2.05, 4.69) is 10.2 Å². The highest BCUT2D eigenvalue weighted by atomic mass is 19.4. The molecule has 0 aliphatic carbocycles. The average molecular weight is 486 g/mol. The van der Waals surface area contributed by atoms with E-state index in [0.29, 0.717) is 41.6 Å². The Balaban J connectivity index is 1.48. The van der Waals surface area contributed by atoms with Crippen LogP contribution in [0, 0.1) is 6.92 Å². The minimum Gasteiger partial charge on any atom is -0.508 e. The molecular formula is C24H21F3N4O4. The Kier molecular flexibility index (Phi) is 5.62. The molecule has 1 unspecified atom stereocenters. The molecule has 5 rings (SSSR count). The SMILES string of the molecule is Cc1cc(C(F)(F)F)nn1CC(=O)N1N=C(c2ccc3c(c2)OCCO3)CC1c1ccccc1O. The molecule has 0 radical (unpaired) electrons. The number of hydrazone groups is 1. The number of amides is 1. The van der Waals surface area contributed by atoms with E-state index in [-0.39, 0.29) is 17.9 Å². The number of benzene rings is 2. The second-order valence-corrected chi connectivity index (χ2v) is 8.25. The summed E-state index contributed by atoms with van der Waals surface area (Å²) in [5.41, 5.74) is 0.878. The molecule has 0 saturated carbocycles. The maximum absolute atomic E-state index is 13.3. The van der Waals surface area contributed by atoms with Crippen LogP contribution in [-0.2, 0) is 17.5 Å². The van der Waals surface area contributed by atoms with Crippen molar-refractivity contribution in [3.8, 4) is 17.2 Å². The number of carbonyl (C=O) groups excluding carboxylic acids is 1. The lowest BCUT2D eigenvalue weighted by Crippen LogP contribution is -2.31. The van der Waals surface area contributed by atoms with E-state index >= 15 is 0 Å². The van der Waals surface area contributed by atoms with Crippen molar-refractivity contribution < 1.29 is 32.5 Å². The lowest BCUT2D eigenvalue weighted by molar-refractivity contribution is -0.142. The third-order valence-corrected chi connectivity index (χ3v) is 5.89. The molecule has 1 amide bonds. The fourth-order valence-electron chi connectivity index (χ4n) is 4.16. The topological polar surface area (TPSA) is 89.2 Å². The highest BCUT2D eigenvalue weighted by molar-refractivity contribution is 6.03. The van der Waals surface area contributed by atoms with Crippen molar-refractivity contribution in [2.24, 2.45) is 5.10 Å². The molecule has 35 heavy (non-hydrogen) atoms.